The molecule has 0 amide bonds. The Hall–Kier alpha value is -17.3. The van der Waals surface area contributed by atoms with Crippen molar-refractivity contribution in [1.29, 1.82) is 0 Å². The van der Waals surface area contributed by atoms with Crippen molar-refractivity contribution in [2.75, 3.05) is 13.2 Å². The van der Waals surface area contributed by atoms with E-state index in [1.54, 1.807) is 0 Å². The number of benzene rings is 9. The smallest absolute Gasteiger partial charge is 0.344 e. The average Bonchev–Trinajstić information content (AvgIpc) is 1.43. The number of aromatic hydroxyl groups is 26. The Labute approximate surface area is 675 Å². The maximum atomic E-state index is 15.5. The number of aliphatic hydroxyl groups is 1. The summed E-state index contributed by atoms with van der Waals surface area (Å²) in [7, 11) is 0. The number of aliphatic hydroxyl groups excluding tert-OH is 1. The number of phenols is 26. The number of rotatable bonds is 9. The molecule has 14 rings (SSSR count). The molecule has 2 saturated heterocycles. The summed E-state index contributed by atoms with van der Waals surface area (Å²) in [5, 5.41) is 297. The van der Waals surface area contributed by atoms with Gasteiger partial charge >= 0.3 is 53.7 Å². The topological polar surface area (TPSA) is 811 Å². The lowest BCUT2D eigenvalue weighted by atomic mass is 9.87. The zero-order valence-electron chi connectivity index (χ0n) is 60.2. The summed E-state index contributed by atoms with van der Waals surface area (Å²) in [6.45, 7) is -2.96. The highest BCUT2D eigenvalue weighted by molar-refractivity contribution is 6.12. The van der Waals surface area contributed by atoms with Crippen molar-refractivity contribution in [3.05, 3.63) is 111 Å². The van der Waals surface area contributed by atoms with E-state index in [0.717, 1.165) is 0 Å². The van der Waals surface area contributed by atoms with Crippen molar-refractivity contribution in [3.8, 4) is 200 Å². The lowest BCUT2D eigenvalue weighted by Gasteiger charge is -2.44. The molecule has 48 heteroatoms. The molecule has 640 valence electrons. The minimum Gasteiger partial charge on any atom is -0.504 e. The van der Waals surface area contributed by atoms with Crippen LogP contribution in [0.4, 0.5) is 0 Å². The van der Waals surface area contributed by atoms with Crippen LogP contribution in [-0.4, -0.2) is 260 Å². The van der Waals surface area contributed by atoms with Crippen LogP contribution in [0.1, 0.15) is 82.9 Å². The van der Waals surface area contributed by atoms with Gasteiger partial charge in [-0.05, 0) is 42.5 Å². The van der Waals surface area contributed by atoms with Gasteiger partial charge in [0.2, 0.25) is 64.1 Å². The molecular formula is C75H52O48. The first-order valence-corrected chi connectivity index (χ1v) is 34.2. The number of esters is 9. The Bertz CT molecular complexity index is 6140. The first kappa shape index (κ1) is 82.2. The van der Waals surface area contributed by atoms with Crippen LogP contribution in [0, 0.1) is 5.92 Å². The fraction of sp³-hybridized carbons (Fsp3) is 0.160. The van der Waals surface area contributed by atoms with E-state index < -0.39 is 373 Å². The van der Waals surface area contributed by atoms with Crippen LogP contribution < -0.4 is 9.47 Å². The summed E-state index contributed by atoms with van der Waals surface area (Å²) in [6.07, 6.45) is -25.0. The maximum Gasteiger partial charge on any atom is 0.344 e. The Morgan fingerprint density at radius 2 is 0.691 bits per heavy atom. The normalized spacial score (nSPS) is 20.3. The molecule has 9 aromatic rings. The molecule has 27 N–H and O–H groups in total. The summed E-state index contributed by atoms with van der Waals surface area (Å²) >= 11 is 0. The monoisotopic (exact) mass is 1720 g/mol. The van der Waals surface area contributed by atoms with Crippen LogP contribution in [-0.2, 0) is 52.2 Å². The molecule has 0 saturated carbocycles. The van der Waals surface area contributed by atoms with Crippen LogP contribution >= 0.6 is 0 Å². The molecule has 0 aromatic heterocycles. The molecule has 0 spiro atoms. The third kappa shape index (κ3) is 13.6. The van der Waals surface area contributed by atoms with Crippen molar-refractivity contribution in [3.63, 3.8) is 0 Å². The van der Waals surface area contributed by atoms with Gasteiger partial charge in [0, 0.05) is 57.6 Å². The largest absolute Gasteiger partial charge is 0.504 e. The fourth-order valence-electron chi connectivity index (χ4n) is 13.7. The van der Waals surface area contributed by atoms with E-state index >= 15 is 24.0 Å². The summed E-state index contributed by atoms with van der Waals surface area (Å²) in [5.74, 6) is -63.8. The summed E-state index contributed by atoms with van der Waals surface area (Å²) < 4.78 is 67.6. The highest BCUT2D eigenvalue weighted by Crippen LogP contribution is 2.60. The molecule has 5 aliphatic rings. The van der Waals surface area contributed by atoms with E-state index in [9.17, 15) is 157 Å². The Morgan fingerprint density at radius 1 is 0.341 bits per heavy atom. The Balaban J connectivity index is 0.908. The lowest BCUT2D eigenvalue weighted by Crippen LogP contribution is -2.63. The van der Waals surface area contributed by atoms with Crippen molar-refractivity contribution < 1.29 is 238 Å². The number of phenolic OH excluding ortho intramolecular Hbond substituents is 26. The fourth-order valence-corrected chi connectivity index (χ4v) is 13.7. The third-order valence-electron chi connectivity index (χ3n) is 19.5. The van der Waals surface area contributed by atoms with Gasteiger partial charge in [0.25, 0.3) is 0 Å². The van der Waals surface area contributed by atoms with Gasteiger partial charge in [0.1, 0.15) is 42.7 Å². The molecule has 5 heterocycles. The predicted molar refractivity (Wildman–Crippen MR) is 379 cm³/mol. The third-order valence-corrected chi connectivity index (χ3v) is 19.5. The summed E-state index contributed by atoms with van der Waals surface area (Å²) in [4.78, 5) is 134. The second-order valence-electron chi connectivity index (χ2n) is 26.8. The van der Waals surface area contributed by atoms with Gasteiger partial charge in [-0.3, -0.25) is 4.79 Å². The van der Waals surface area contributed by atoms with Gasteiger partial charge in [-0.25, -0.2) is 38.4 Å². The highest BCUT2D eigenvalue weighted by Gasteiger charge is 2.59. The Kier molecular flexibility index (Phi) is 20.1. The van der Waals surface area contributed by atoms with E-state index in [1.807, 2.05) is 0 Å². The quantitative estimate of drug-likeness (QED) is 0.0427. The van der Waals surface area contributed by atoms with Crippen molar-refractivity contribution in [2.24, 2.45) is 5.92 Å². The van der Waals surface area contributed by atoms with E-state index in [2.05, 4.69) is 0 Å². The van der Waals surface area contributed by atoms with Gasteiger partial charge in [-0.15, -0.1) is 0 Å². The molecule has 0 radical (unpaired) electrons. The second kappa shape index (κ2) is 30.0. The summed E-state index contributed by atoms with van der Waals surface area (Å²) in [6, 6.07) is 3.67. The molecular weight excluding hydrogens is 1670 g/mol. The zero-order chi connectivity index (χ0) is 89.5. The Morgan fingerprint density at radius 3 is 1.13 bits per heavy atom. The van der Waals surface area contributed by atoms with E-state index in [1.165, 1.54) is 0 Å². The van der Waals surface area contributed by atoms with Gasteiger partial charge in [0.05, 0.1) is 38.9 Å². The van der Waals surface area contributed by atoms with Crippen LogP contribution in [0.15, 0.2) is 66.7 Å². The van der Waals surface area contributed by atoms with Crippen molar-refractivity contribution >= 4 is 53.7 Å². The number of hydrogen-bond donors (Lipinski definition) is 27. The predicted octanol–water partition coefficient (Wildman–Crippen LogP) is 2.73. The van der Waals surface area contributed by atoms with Crippen LogP contribution in [0.5, 0.6) is 167 Å². The van der Waals surface area contributed by atoms with E-state index in [4.69, 9.17) is 56.8 Å². The minimum absolute atomic E-state index is 0.0932. The SMILES string of the molecule is O=C(OCC1OC(O)C2OC(=O)c3cc(O)c(O)c(O)c3-c3c(cc(Oc4c(C(=O)OC5OC6COC(=O)c7cc(O)c(O)c(O)c7-c7c(cc(O)c(O)c7O)C(=O)OC6C6OC(=O)c7cc(O)c(O)c(O)c7-c7c(cc(O)c(O)c7O)C(=O)OC56)cc(O)c(O)c4O)c(O)c3O)C(=O)OC2C1C(=O)Oc1cc(O)c(O)c(O)c1)c1cc(O)c(O)c(O)c1. The second-order valence-corrected chi connectivity index (χ2v) is 26.8. The van der Waals surface area contributed by atoms with E-state index in [-0.39, 0.29) is 36.4 Å². The van der Waals surface area contributed by atoms with Gasteiger partial charge in [-0.2, -0.15) is 0 Å². The van der Waals surface area contributed by atoms with Crippen LogP contribution in [0.2, 0.25) is 0 Å². The maximum absolute atomic E-state index is 15.5. The molecule has 48 nitrogen and oxygen atoms in total. The van der Waals surface area contributed by atoms with Crippen LogP contribution in [0.25, 0.3) is 33.4 Å². The summed E-state index contributed by atoms with van der Waals surface area (Å²) in [5.41, 5.74) is -18.2. The lowest BCUT2D eigenvalue weighted by molar-refractivity contribution is -0.282. The molecule has 123 heavy (non-hydrogen) atoms. The minimum atomic E-state index is -3.09. The number of fused-ring (bicyclic) bond motifs is 13. The van der Waals surface area contributed by atoms with Crippen molar-refractivity contribution in [2.45, 2.75) is 55.3 Å². The number of ether oxygens (including phenoxy) is 12. The standard InChI is InChI=1S/C75H52O48/c76-23-1-14(2-24(77)43(23)86)65(102)112-12-34-42(73(110)114-15-3-25(78)44(87)26(79)4-15)61-63(74(111)116-34)121-69(106)19-8-30(83)49(92)56(99)40(19)41-21(71(108)119-61)11-33(51(94)57(41)100)115-59-22(10-32(85)50(93)58(59)101)72(109)123-75-64-62(120-68(105)18-7-29(82)47(90)54(97)38(18)39-20(70(107)122-64)9-31(84)48(91)55(39)98)60-35(117-75)13-113-66(103)16-5-27(80)45(88)52(95)36(16)37-17(67(104)118-60)6-28(81)46(89)53(37)96/h1-11,34-35,42,60-64,74-101,111H,12-13H2. The van der Waals surface area contributed by atoms with Gasteiger partial charge < -0.3 is 195 Å². The molecule has 0 bridgehead atoms. The highest BCUT2D eigenvalue weighted by atomic mass is 16.8. The van der Waals surface area contributed by atoms with Gasteiger partial charge in [-0.1, -0.05) is 0 Å². The zero-order valence-corrected chi connectivity index (χ0v) is 60.2. The first-order valence-electron chi connectivity index (χ1n) is 34.2. The molecule has 10 unspecified atom stereocenters. The number of cyclic esters (lactones) is 1. The number of carbonyl (C=O) groups is 9. The van der Waals surface area contributed by atoms with Crippen LogP contribution in [0.3, 0.4) is 0 Å². The first-order chi connectivity index (χ1) is 57.9. The van der Waals surface area contributed by atoms with Gasteiger partial charge in [0.15, 0.2) is 140 Å². The number of hydrogen-bond acceptors (Lipinski definition) is 48. The molecule has 9 aromatic carbocycles. The number of carbonyl (C=O) groups excluding carboxylic acids is 9. The van der Waals surface area contributed by atoms with Crippen molar-refractivity contribution in [1.82, 2.24) is 0 Å². The average molecular weight is 1720 g/mol. The molecule has 10 atom stereocenters. The molecule has 5 aliphatic heterocycles. The molecule has 0 aliphatic carbocycles. The molecule has 2 fully saturated rings. The van der Waals surface area contributed by atoms with E-state index in [0.29, 0.717) is 30.3 Å².